The smallest absolute Gasteiger partial charge is 0.222 e. The van der Waals surface area contributed by atoms with E-state index in [0.717, 1.165) is 11.3 Å². The zero-order valence-electron chi connectivity index (χ0n) is 16.2. The first kappa shape index (κ1) is 19.8. The van der Waals surface area contributed by atoms with Crippen LogP contribution >= 0.6 is 0 Å². The second-order valence-corrected chi connectivity index (χ2v) is 6.04. The number of nitriles is 1. The maximum Gasteiger partial charge on any atom is 0.222 e. The zero-order chi connectivity index (χ0) is 20.8. The highest BCUT2D eigenvalue weighted by Gasteiger charge is 2.16. The summed E-state index contributed by atoms with van der Waals surface area (Å²) in [6.07, 6.45) is 0. The molecule has 1 heterocycles. The molecule has 4 N–H and O–H groups in total. The first-order valence-corrected chi connectivity index (χ1v) is 8.91. The van der Waals surface area contributed by atoms with Crippen molar-refractivity contribution in [3.05, 3.63) is 53.6 Å². The molecule has 0 atom stereocenters. The Morgan fingerprint density at radius 3 is 2.59 bits per heavy atom. The van der Waals surface area contributed by atoms with Gasteiger partial charge in [0.15, 0.2) is 11.5 Å². The van der Waals surface area contributed by atoms with Crippen molar-refractivity contribution in [3.63, 3.8) is 0 Å². The molecule has 0 amide bonds. The van der Waals surface area contributed by atoms with Gasteiger partial charge in [0.25, 0.3) is 0 Å². The van der Waals surface area contributed by atoms with Gasteiger partial charge in [0.05, 0.1) is 19.4 Å². The third kappa shape index (κ3) is 4.47. The van der Waals surface area contributed by atoms with Gasteiger partial charge in [0, 0.05) is 5.56 Å². The molecule has 0 aliphatic rings. The minimum atomic E-state index is -0.00666. The molecule has 0 saturated carbocycles. The number of ether oxygens (including phenoxy) is 3. The van der Waals surface area contributed by atoms with E-state index in [0.29, 0.717) is 36.0 Å². The lowest BCUT2D eigenvalue weighted by molar-refractivity contribution is 0.269. The SMILES string of the molecule is CCOc1cc(-c2nc(N)nc(N)c2C#N)ccc1OCc1cccc(OC)c1. The maximum atomic E-state index is 9.41. The highest BCUT2D eigenvalue weighted by atomic mass is 16.5. The normalized spacial score (nSPS) is 10.2. The maximum absolute atomic E-state index is 9.41. The van der Waals surface area contributed by atoms with Gasteiger partial charge >= 0.3 is 0 Å². The van der Waals surface area contributed by atoms with Crippen molar-refractivity contribution in [1.82, 2.24) is 9.97 Å². The van der Waals surface area contributed by atoms with E-state index in [9.17, 15) is 5.26 Å². The second kappa shape index (κ2) is 8.80. The van der Waals surface area contributed by atoms with E-state index in [2.05, 4.69) is 9.97 Å². The number of hydrogen-bond acceptors (Lipinski definition) is 8. The van der Waals surface area contributed by atoms with Gasteiger partial charge in [-0.1, -0.05) is 12.1 Å². The summed E-state index contributed by atoms with van der Waals surface area (Å²) in [5.74, 6) is 1.87. The number of nitrogen functional groups attached to an aromatic ring is 2. The van der Waals surface area contributed by atoms with Crippen LogP contribution in [0.4, 0.5) is 11.8 Å². The molecule has 0 fully saturated rings. The number of aromatic nitrogens is 2. The van der Waals surface area contributed by atoms with Crippen LogP contribution in [0.25, 0.3) is 11.3 Å². The average Bonchev–Trinajstić information content (AvgIpc) is 2.72. The van der Waals surface area contributed by atoms with Gasteiger partial charge in [-0.3, -0.25) is 0 Å². The highest BCUT2D eigenvalue weighted by Crippen LogP contribution is 2.35. The van der Waals surface area contributed by atoms with E-state index < -0.39 is 0 Å². The summed E-state index contributed by atoms with van der Waals surface area (Å²) in [4.78, 5) is 8.01. The quantitative estimate of drug-likeness (QED) is 0.628. The summed E-state index contributed by atoms with van der Waals surface area (Å²) >= 11 is 0. The van der Waals surface area contributed by atoms with Crippen LogP contribution in [-0.4, -0.2) is 23.7 Å². The van der Waals surface area contributed by atoms with Gasteiger partial charge in [0.1, 0.15) is 29.8 Å². The summed E-state index contributed by atoms with van der Waals surface area (Å²) in [6, 6.07) is 14.9. The Labute approximate surface area is 168 Å². The molecule has 8 heteroatoms. The Hall–Kier alpha value is -3.99. The zero-order valence-corrected chi connectivity index (χ0v) is 16.2. The Balaban J connectivity index is 1.92. The summed E-state index contributed by atoms with van der Waals surface area (Å²) < 4.78 is 16.9. The number of methoxy groups -OCH3 is 1. The van der Waals surface area contributed by atoms with Crippen molar-refractivity contribution in [3.8, 4) is 34.6 Å². The fourth-order valence-corrected chi connectivity index (χ4v) is 2.78. The van der Waals surface area contributed by atoms with Crippen LogP contribution in [-0.2, 0) is 6.61 Å². The van der Waals surface area contributed by atoms with Crippen LogP contribution in [0.15, 0.2) is 42.5 Å². The molecule has 0 saturated heterocycles. The molecular formula is C21H21N5O3. The summed E-state index contributed by atoms with van der Waals surface area (Å²) in [5.41, 5.74) is 13.6. The largest absolute Gasteiger partial charge is 0.497 e. The Bertz CT molecular complexity index is 1060. The number of nitrogens with zero attached hydrogens (tertiary/aromatic N) is 3. The summed E-state index contributed by atoms with van der Waals surface area (Å²) in [6.45, 7) is 2.66. The van der Waals surface area contributed by atoms with Crippen LogP contribution in [0.1, 0.15) is 18.1 Å². The van der Waals surface area contributed by atoms with Gasteiger partial charge < -0.3 is 25.7 Å². The molecule has 3 aromatic rings. The third-order valence-corrected chi connectivity index (χ3v) is 4.11. The van der Waals surface area contributed by atoms with Crippen molar-refractivity contribution in [2.45, 2.75) is 13.5 Å². The van der Waals surface area contributed by atoms with E-state index in [4.69, 9.17) is 25.7 Å². The van der Waals surface area contributed by atoms with Crippen molar-refractivity contribution in [1.29, 1.82) is 5.26 Å². The number of rotatable bonds is 7. The van der Waals surface area contributed by atoms with Gasteiger partial charge in [0.2, 0.25) is 5.95 Å². The van der Waals surface area contributed by atoms with Gasteiger partial charge in [-0.2, -0.15) is 10.2 Å². The molecule has 148 valence electrons. The monoisotopic (exact) mass is 391 g/mol. The second-order valence-electron chi connectivity index (χ2n) is 6.04. The van der Waals surface area contributed by atoms with E-state index >= 15 is 0 Å². The predicted octanol–water partition coefficient (Wildman–Crippen LogP) is 3.17. The lowest BCUT2D eigenvalue weighted by atomic mass is 10.1. The van der Waals surface area contributed by atoms with E-state index in [1.165, 1.54) is 0 Å². The summed E-state index contributed by atoms with van der Waals surface area (Å²) in [5, 5.41) is 9.41. The number of hydrogen-bond donors (Lipinski definition) is 2. The number of nitrogens with two attached hydrogens (primary N) is 2. The van der Waals surface area contributed by atoms with Crippen molar-refractivity contribution in [2.24, 2.45) is 0 Å². The van der Waals surface area contributed by atoms with Crippen molar-refractivity contribution >= 4 is 11.8 Å². The fourth-order valence-electron chi connectivity index (χ4n) is 2.78. The molecule has 0 unspecified atom stereocenters. The van der Waals surface area contributed by atoms with E-state index in [-0.39, 0.29) is 17.3 Å². The van der Waals surface area contributed by atoms with Crippen LogP contribution in [0.5, 0.6) is 17.2 Å². The highest BCUT2D eigenvalue weighted by molar-refractivity contribution is 5.74. The molecular weight excluding hydrogens is 370 g/mol. The minimum absolute atomic E-state index is 0.00666. The number of benzene rings is 2. The van der Waals surface area contributed by atoms with Crippen molar-refractivity contribution < 1.29 is 14.2 Å². The molecule has 0 aliphatic carbocycles. The van der Waals surface area contributed by atoms with Crippen LogP contribution in [0.3, 0.4) is 0 Å². The predicted molar refractivity (Wildman–Crippen MR) is 110 cm³/mol. The lowest BCUT2D eigenvalue weighted by Gasteiger charge is -2.14. The standard InChI is InChI=1S/C21H21N5O3/c1-3-28-18-10-14(19-16(11-22)20(23)26-21(24)25-19)7-8-17(18)29-12-13-5-4-6-15(9-13)27-2/h4-10H,3,12H2,1-2H3,(H4,23,24,25,26). The number of anilines is 2. The molecule has 2 aromatic carbocycles. The van der Waals surface area contributed by atoms with Gasteiger partial charge in [-0.15, -0.1) is 0 Å². The topological polar surface area (TPSA) is 129 Å². The third-order valence-electron chi connectivity index (χ3n) is 4.11. The minimum Gasteiger partial charge on any atom is -0.497 e. The van der Waals surface area contributed by atoms with E-state index in [1.54, 1.807) is 25.3 Å². The first-order chi connectivity index (χ1) is 14.0. The molecule has 0 aliphatic heterocycles. The van der Waals surface area contributed by atoms with Gasteiger partial charge in [-0.25, -0.2) is 4.98 Å². The Kier molecular flexibility index (Phi) is 6.00. The average molecular weight is 391 g/mol. The lowest BCUT2D eigenvalue weighted by Crippen LogP contribution is -2.05. The molecule has 0 radical (unpaired) electrons. The van der Waals surface area contributed by atoms with Gasteiger partial charge in [-0.05, 0) is 42.8 Å². The molecule has 29 heavy (non-hydrogen) atoms. The summed E-state index contributed by atoms with van der Waals surface area (Å²) in [7, 11) is 1.62. The van der Waals surface area contributed by atoms with Crippen LogP contribution in [0, 0.1) is 11.3 Å². The molecule has 0 bridgehead atoms. The molecule has 8 nitrogen and oxygen atoms in total. The Morgan fingerprint density at radius 2 is 1.86 bits per heavy atom. The fraction of sp³-hybridized carbons (Fsp3) is 0.190. The molecule has 0 spiro atoms. The van der Waals surface area contributed by atoms with Crippen molar-refractivity contribution in [2.75, 3.05) is 25.2 Å². The van der Waals surface area contributed by atoms with Crippen LogP contribution in [0.2, 0.25) is 0 Å². The Morgan fingerprint density at radius 1 is 1.03 bits per heavy atom. The van der Waals surface area contributed by atoms with Crippen LogP contribution < -0.4 is 25.7 Å². The first-order valence-electron chi connectivity index (χ1n) is 8.91. The molecule has 3 rings (SSSR count). The van der Waals surface area contributed by atoms with E-state index in [1.807, 2.05) is 37.3 Å². The molecule has 1 aromatic heterocycles.